The zero-order valence-corrected chi connectivity index (χ0v) is 18.8. The standard InChI is InChI=1S/C26H28N2O6/c29-24(30)14-21(25(31)28-12-13-33-23-11-5-10-22(23)28)27-26(32)34-15-20-18-8-3-1-6-16(18)17-7-2-4-9-19(17)20/h1-4,6-9,20-23H,5,10-15H2,(H,27,32)(H,29,30)/t21?,22-,23+/m0/s1. The number of nitrogens with zero attached hydrogens (tertiary/aromatic N) is 1. The van der Waals surface area contributed by atoms with Crippen molar-refractivity contribution in [1.29, 1.82) is 0 Å². The summed E-state index contributed by atoms with van der Waals surface area (Å²) in [5, 5.41) is 11.9. The summed E-state index contributed by atoms with van der Waals surface area (Å²) >= 11 is 0. The molecule has 2 amide bonds. The summed E-state index contributed by atoms with van der Waals surface area (Å²) in [5.41, 5.74) is 4.39. The minimum Gasteiger partial charge on any atom is -0.481 e. The van der Waals surface area contributed by atoms with Crippen molar-refractivity contribution < 1.29 is 29.0 Å². The summed E-state index contributed by atoms with van der Waals surface area (Å²) < 4.78 is 11.3. The van der Waals surface area contributed by atoms with E-state index in [-0.39, 0.29) is 24.7 Å². The van der Waals surface area contributed by atoms with Crippen LogP contribution in [0.4, 0.5) is 4.79 Å². The molecule has 0 radical (unpaired) electrons. The lowest BCUT2D eigenvalue weighted by Gasteiger charge is -2.39. The van der Waals surface area contributed by atoms with E-state index in [9.17, 15) is 19.5 Å². The average molecular weight is 465 g/mol. The molecule has 2 aromatic carbocycles. The molecular formula is C26H28N2O6. The molecule has 2 aliphatic carbocycles. The van der Waals surface area contributed by atoms with Gasteiger partial charge in [-0.25, -0.2) is 4.79 Å². The molecule has 2 N–H and O–H groups in total. The number of fused-ring (bicyclic) bond motifs is 4. The van der Waals surface area contributed by atoms with E-state index in [0.717, 1.165) is 41.5 Å². The monoisotopic (exact) mass is 464 g/mol. The number of hydrogen-bond donors (Lipinski definition) is 2. The van der Waals surface area contributed by atoms with Gasteiger partial charge < -0.3 is 24.8 Å². The highest BCUT2D eigenvalue weighted by Gasteiger charge is 2.41. The van der Waals surface area contributed by atoms with Gasteiger partial charge >= 0.3 is 12.1 Å². The van der Waals surface area contributed by atoms with E-state index in [1.54, 1.807) is 4.90 Å². The van der Waals surface area contributed by atoms with Gasteiger partial charge in [-0.3, -0.25) is 9.59 Å². The molecule has 0 bridgehead atoms. The summed E-state index contributed by atoms with van der Waals surface area (Å²) in [4.78, 5) is 39.1. The SMILES string of the molecule is O=C(O)CC(NC(=O)OCC1c2ccccc2-c2ccccc21)C(=O)N1CCO[C@@H]2CCC[C@@H]21. The lowest BCUT2D eigenvalue weighted by atomic mass is 9.98. The van der Waals surface area contributed by atoms with E-state index >= 15 is 0 Å². The number of carboxylic acids is 1. The Morgan fingerprint density at radius 2 is 1.74 bits per heavy atom. The van der Waals surface area contributed by atoms with Crippen LogP contribution in [0.2, 0.25) is 0 Å². The number of benzene rings is 2. The minimum absolute atomic E-state index is 0.0161. The molecule has 1 saturated heterocycles. The van der Waals surface area contributed by atoms with E-state index in [0.29, 0.717) is 13.2 Å². The van der Waals surface area contributed by atoms with Crippen molar-refractivity contribution in [1.82, 2.24) is 10.2 Å². The van der Waals surface area contributed by atoms with Gasteiger partial charge in [0.25, 0.3) is 0 Å². The molecule has 0 aromatic heterocycles. The quantitative estimate of drug-likeness (QED) is 0.681. The van der Waals surface area contributed by atoms with Crippen LogP contribution < -0.4 is 5.32 Å². The fraction of sp³-hybridized carbons (Fsp3) is 0.423. The fourth-order valence-electron chi connectivity index (χ4n) is 5.56. The highest BCUT2D eigenvalue weighted by atomic mass is 16.5. The predicted octanol–water partition coefficient (Wildman–Crippen LogP) is 3.15. The zero-order valence-electron chi connectivity index (χ0n) is 18.8. The van der Waals surface area contributed by atoms with Crippen molar-refractivity contribution in [2.24, 2.45) is 0 Å². The Bertz CT molecular complexity index is 1060. The largest absolute Gasteiger partial charge is 0.481 e. The highest BCUT2D eigenvalue weighted by molar-refractivity contribution is 5.89. The number of amides is 2. The van der Waals surface area contributed by atoms with Crippen molar-refractivity contribution in [3.05, 3.63) is 59.7 Å². The number of alkyl carbamates (subject to hydrolysis) is 1. The maximum absolute atomic E-state index is 13.2. The number of nitrogens with one attached hydrogen (secondary N) is 1. The van der Waals surface area contributed by atoms with Crippen LogP contribution >= 0.6 is 0 Å². The van der Waals surface area contributed by atoms with Gasteiger partial charge in [-0.2, -0.15) is 0 Å². The van der Waals surface area contributed by atoms with E-state index in [4.69, 9.17) is 9.47 Å². The molecule has 2 aromatic rings. The van der Waals surface area contributed by atoms with Crippen LogP contribution in [-0.2, 0) is 19.1 Å². The van der Waals surface area contributed by atoms with Gasteiger partial charge in [-0.1, -0.05) is 48.5 Å². The summed E-state index contributed by atoms with van der Waals surface area (Å²) in [6.07, 6.45) is 1.36. The normalized spacial score (nSPS) is 21.8. The number of rotatable bonds is 6. The van der Waals surface area contributed by atoms with Crippen LogP contribution in [0.5, 0.6) is 0 Å². The first-order valence-electron chi connectivity index (χ1n) is 11.8. The number of ether oxygens (including phenoxy) is 2. The molecule has 34 heavy (non-hydrogen) atoms. The molecule has 5 rings (SSSR count). The first-order chi connectivity index (χ1) is 16.5. The molecule has 2 fully saturated rings. The maximum Gasteiger partial charge on any atom is 0.407 e. The Hall–Kier alpha value is -3.39. The Morgan fingerprint density at radius 3 is 2.41 bits per heavy atom. The van der Waals surface area contributed by atoms with Gasteiger partial charge in [-0.05, 0) is 41.5 Å². The van der Waals surface area contributed by atoms with Crippen LogP contribution in [0.1, 0.15) is 42.7 Å². The fourth-order valence-corrected chi connectivity index (χ4v) is 5.56. The third-order valence-corrected chi connectivity index (χ3v) is 7.08. The lowest BCUT2D eigenvalue weighted by Crippen LogP contribution is -2.57. The minimum atomic E-state index is -1.19. The third-order valence-electron chi connectivity index (χ3n) is 7.08. The molecule has 8 nitrogen and oxygen atoms in total. The third kappa shape index (κ3) is 4.25. The second-order valence-electron chi connectivity index (χ2n) is 9.06. The summed E-state index contributed by atoms with van der Waals surface area (Å²) in [7, 11) is 0. The van der Waals surface area contributed by atoms with Gasteiger partial charge in [0, 0.05) is 12.5 Å². The van der Waals surface area contributed by atoms with Gasteiger partial charge in [0.15, 0.2) is 0 Å². The first kappa shape index (κ1) is 22.4. The number of carbonyl (C=O) groups is 3. The van der Waals surface area contributed by atoms with Crippen molar-refractivity contribution in [2.45, 2.75) is 49.8 Å². The lowest BCUT2D eigenvalue weighted by molar-refractivity contribution is -0.149. The number of hydrogen-bond acceptors (Lipinski definition) is 5. The Balaban J connectivity index is 1.27. The Kier molecular flexibility index (Phi) is 6.24. The van der Waals surface area contributed by atoms with E-state index in [1.165, 1.54) is 0 Å². The second-order valence-corrected chi connectivity index (χ2v) is 9.06. The zero-order chi connectivity index (χ0) is 23.7. The Labute approximate surface area is 197 Å². The molecule has 8 heteroatoms. The summed E-state index contributed by atoms with van der Waals surface area (Å²) in [6.45, 7) is 0.899. The molecular weight excluding hydrogens is 436 g/mol. The molecule has 1 saturated carbocycles. The second kappa shape index (κ2) is 9.46. The van der Waals surface area contributed by atoms with Crippen molar-refractivity contribution in [2.75, 3.05) is 19.8 Å². The van der Waals surface area contributed by atoms with Crippen LogP contribution in [0, 0.1) is 0 Å². The topological polar surface area (TPSA) is 105 Å². The molecule has 3 aliphatic rings. The van der Waals surface area contributed by atoms with Crippen LogP contribution in [0.15, 0.2) is 48.5 Å². The van der Waals surface area contributed by atoms with Crippen molar-refractivity contribution in [3.63, 3.8) is 0 Å². The van der Waals surface area contributed by atoms with Crippen molar-refractivity contribution in [3.8, 4) is 11.1 Å². The number of carboxylic acid groups (broad SMARTS) is 1. The molecule has 1 unspecified atom stereocenters. The average Bonchev–Trinajstić information content (AvgIpc) is 3.44. The van der Waals surface area contributed by atoms with Gasteiger partial charge in [0.2, 0.25) is 5.91 Å². The van der Waals surface area contributed by atoms with E-state index < -0.39 is 30.4 Å². The molecule has 3 atom stereocenters. The summed E-state index contributed by atoms with van der Waals surface area (Å²) in [6, 6.07) is 14.8. The number of aliphatic carboxylic acids is 1. The van der Waals surface area contributed by atoms with Crippen molar-refractivity contribution >= 4 is 18.0 Å². The summed E-state index contributed by atoms with van der Waals surface area (Å²) in [5.74, 6) is -1.67. The smallest absolute Gasteiger partial charge is 0.407 e. The molecule has 178 valence electrons. The first-order valence-corrected chi connectivity index (χ1v) is 11.8. The van der Waals surface area contributed by atoms with Crippen LogP contribution in [0.25, 0.3) is 11.1 Å². The Morgan fingerprint density at radius 1 is 1.06 bits per heavy atom. The molecule has 0 spiro atoms. The van der Waals surface area contributed by atoms with E-state index in [1.807, 2.05) is 36.4 Å². The highest BCUT2D eigenvalue weighted by Crippen LogP contribution is 2.44. The number of morpholine rings is 1. The molecule has 1 aliphatic heterocycles. The van der Waals surface area contributed by atoms with E-state index in [2.05, 4.69) is 17.4 Å². The predicted molar refractivity (Wildman–Crippen MR) is 123 cm³/mol. The van der Waals surface area contributed by atoms with Gasteiger partial charge in [0.1, 0.15) is 12.6 Å². The molecule has 1 heterocycles. The van der Waals surface area contributed by atoms with Crippen LogP contribution in [-0.4, -0.2) is 65.9 Å². The van der Waals surface area contributed by atoms with Gasteiger partial charge in [0.05, 0.1) is 25.2 Å². The van der Waals surface area contributed by atoms with Gasteiger partial charge in [-0.15, -0.1) is 0 Å². The maximum atomic E-state index is 13.2. The van der Waals surface area contributed by atoms with Crippen LogP contribution in [0.3, 0.4) is 0 Å². The number of carbonyl (C=O) groups excluding carboxylic acids is 2.